The normalized spacial score (nSPS) is 17.9. The van der Waals surface area contributed by atoms with Crippen molar-refractivity contribution in [2.75, 3.05) is 6.54 Å². The summed E-state index contributed by atoms with van der Waals surface area (Å²) in [7, 11) is 0. The van der Waals surface area contributed by atoms with E-state index in [1.165, 1.54) is 12.1 Å². The third-order valence-electron chi connectivity index (χ3n) is 5.82. The second-order valence-corrected chi connectivity index (χ2v) is 8.97. The van der Waals surface area contributed by atoms with Gasteiger partial charge in [0.1, 0.15) is 23.9 Å². The van der Waals surface area contributed by atoms with Crippen LogP contribution in [0.15, 0.2) is 24.3 Å². The summed E-state index contributed by atoms with van der Waals surface area (Å²) in [4.78, 5) is 62.9. The first-order chi connectivity index (χ1) is 16.4. The van der Waals surface area contributed by atoms with Gasteiger partial charge < -0.3 is 37.2 Å². The number of benzene rings is 1. The van der Waals surface area contributed by atoms with Crippen molar-refractivity contribution in [3.8, 4) is 5.75 Å². The lowest BCUT2D eigenvalue weighted by Gasteiger charge is -2.29. The number of carboxylic acids is 1. The van der Waals surface area contributed by atoms with Gasteiger partial charge in [-0.25, -0.2) is 4.79 Å². The van der Waals surface area contributed by atoms with E-state index in [1.54, 1.807) is 26.0 Å². The van der Waals surface area contributed by atoms with E-state index < -0.39 is 66.1 Å². The number of nitrogens with zero attached hydrogens (tertiary/aromatic N) is 1. The van der Waals surface area contributed by atoms with E-state index in [-0.39, 0.29) is 25.1 Å². The summed E-state index contributed by atoms with van der Waals surface area (Å²) in [6.07, 6.45) is 0.380. The van der Waals surface area contributed by atoms with Gasteiger partial charge in [-0.15, -0.1) is 0 Å². The minimum absolute atomic E-state index is 0.0759. The number of carbonyl (C=O) groups is 5. The topological polar surface area (TPSA) is 205 Å². The molecule has 0 saturated carbocycles. The van der Waals surface area contributed by atoms with E-state index in [0.717, 1.165) is 4.90 Å². The van der Waals surface area contributed by atoms with Crippen LogP contribution in [0.1, 0.15) is 38.7 Å². The van der Waals surface area contributed by atoms with Gasteiger partial charge in [-0.2, -0.15) is 0 Å². The molecule has 8 N–H and O–H groups in total. The van der Waals surface area contributed by atoms with Crippen LogP contribution in [0.3, 0.4) is 0 Å². The highest BCUT2D eigenvalue weighted by Crippen LogP contribution is 2.19. The van der Waals surface area contributed by atoms with E-state index in [1.807, 2.05) is 0 Å². The van der Waals surface area contributed by atoms with Crippen LogP contribution in [0, 0.1) is 5.92 Å². The molecular weight excluding hydrogens is 458 g/mol. The highest BCUT2D eigenvalue weighted by Gasteiger charge is 2.39. The maximum absolute atomic E-state index is 13.0. The number of primary amides is 1. The Morgan fingerprint density at radius 2 is 1.71 bits per heavy atom. The third-order valence-corrected chi connectivity index (χ3v) is 5.82. The molecule has 1 aliphatic rings. The Balaban J connectivity index is 2.10. The zero-order valence-corrected chi connectivity index (χ0v) is 19.8. The standard InChI is InChI=1S/C23H33N5O7/c1-12(2)19(27-20(31)15(24)10-13-5-7-14(29)8-6-13)21(32)26-16(11-18(25)30)22(33)28-9-3-4-17(28)23(34)35/h5-8,12,15-17,19,29H,3-4,9-11,24H2,1-2H3,(H2,25,30)(H,26,32)(H,27,31)(H,34,35). The molecular formula is C23H33N5O7. The molecule has 2 rings (SSSR count). The van der Waals surface area contributed by atoms with Gasteiger partial charge in [0.25, 0.3) is 0 Å². The maximum atomic E-state index is 13.0. The van der Waals surface area contributed by atoms with E-state index in [0.29, 0.717) is 12.0 Å². The fraction of sp³-hybridized carbons (Fsp3) is 0.522. The van der Waals surface area contributed by atoms with Crippen molar-refractivity contribution in [1.82, 2.24) is 15.5 Å². The number of carbonyl (C=O) groups excluding carboxylic acids is 4. The summed E-state index contributed by atoms with van der Waals surface area (Å²) >= 11 is 0. The lowest BCUT2D eigenvalue weighted by molar-refractivity contribution is -0.149. The van der Waals surface area contributed by atoms with Gasteiger partial charge in [0, 0.05) is 6.54 Å². The molecule has 0 bridgehead atoms. The van der Waals surface area contributed by atoms with Gasteiger partial charge in [0.15, 0.2) is 0 Å². The number of phenols is 1. The summed E-state index contributed by atoms with van der Waals surface area (Å²) in [5, 5.41) is 23.8. The second-order valence-electron chi connectivity index (χ2n) is 8.97. The molecule has 1 fully saturated rings. The highest BCUT2D eigenvalue weighted by atomic mass is 16.4. The van der Waals surface area contributed by atoms with Crippen molar-refractivity contribution >= 4 is 29.6 Å². The van der Waals surface area contributed by atoms with Crippen LogP contribution >= 0.6 is 0 Å². The Labute approximate surface area is 203 Å². The van der Waals surface area contributed by atoms with Gasteiger partial charge in [-0.3, -0.25) is 19.2 Å². The predicted octanol–water partition coefficient (Wildman–Crippen LogP) is -1.16. The largest absolute Gasteiger partial charge is 0.508 e. The first kappa shape index (κ1) is 27.6. The van der Waals surface area contributed by atoms with Crippen LogP contribution in [0.5, 0.6) is 5.75 Å². The first-order valence-electron chi connectivity index (χ1n) is 11.4. The number of hydrogen-bond acceptors (Lipinski definition) is 7. The van der Waals surface area contributed by atoms with Gasteiger partial charge >= 0.3 is 5.97 Å². The number of rotatable bonds is 11. The number of phenolic OH excluding ortho intramolecular Hbond substituents is 1. The van der Waals surface area contributed by atoms with Gasteiger partial charge in [-0.1, -0.05) is 26.0 Å². The van der Waals surface area contributed by atoms with Crippen molar-refractivity contribution in [3.05, 3.63) is 29.8 Å². The van der Waals surface area contributed by atoms with Crippen LogP contribution in [0.25, 0.3) is 0 Å². The summed E-state index contributed by atoms with van der Waals surface area (Å²) in [5.41, 5.74) is 12.0. The molecule has 1 aliphatic heterocycles. The molecule has 192 valence electrons. The van der Waals surface area contributed by atoms with Crippen molar-refractivity contribution in [3.63, 3.8) is 0 Å². The van der Waals surface area contributed by atoms with Crippen LogP contribution in [-0.2, 0) is 30.4 Å². The lowest BCUT2D eigenvalue weighted by Crippen LogP contribution is -2.59. The highest BCUT2D eigenvalue weighted by molar-refractivity contribution is 5.96. The molecule has 12 heteroatoms. The quantitative estimate of drug-likeness (QED) is 0.222. The fourth-order valence-electron chi connectivity index (χ4n) is 3.92. The van der Waals surface area contributed by atoms with Crippen molar-refractivity contribution in [1.29, 1.82) is 0 Å². The number of hydrogen-bond donors (Lipinski definition) is 6. The molecule has 1 aromatic carbocycles. The predicted molar refractivity (Wildman–Crippen MR) is 125 cm³/mol. The summed E-state index contributed by atoms with van der Waals surface area (Å²) in [6.45, 7) is 3.54. The summed E-state index contributed by atoms with van der Waals surface area (Å²) < 4.78 is 0. The molecule has 0 aromatic heterocycles. The maximum Gasteiger partial charge on any atom is 0.326 e. The molecule has 1 heterocycles. The molecule has 35 heavy (non-hydrogen) atoms. The molecule has 4 amide bonds. The van der Waals surface area contributed by atoms with Gasteiger partial charge in [0.05, 0.1) is 12.5 Å². The Morgan fingerprint density at radius 1 is 1.09 bits per heavy atom. The molecule has 12 nitrogen and oxygen atoms in total. The van der Waals surface area contributed by atoms with E-state index in [9.17, 15) is 34.2 Å². The number of amides is 4. The van der Waals surface area contributed by atoms with E-state index in [2.05, 4.69) is 10.6 Å². The van der Waals surface area contributed by atoms with Crippen molar-refractivity contribution < 1.29 is 34.2 Å². The average molecular weight is 492 g/mol. The van der Waals surface area contributed by atoms with E-state index in [4.69, 9.17) is 11.5 Å². The zero-order chi connectivity index (χ0) is 26.3. The monoisotopic (exact) mass is 491 g/mol. The minimum atomic E-state index is -1.37. The molecule has 1 saturated heterocycles. The Morgan fingerprint density at radius 3 is 2.26 bits per heavy atom. The lowest BCUT2D eigenvalue weighted by atomic mass is 10.0. The fourth-order valence-corrected chi connectivity index (χ4v) is 3.92. The Hall–Kier alpha value is -3.67. The number of carboxylic acid groups (broad SMARTS) is 1. The first-order valence-corrected chi connectivity index (χ1v) is 11.4. The Bertz CT molecular complexity index is 950. The van der Waals surface area contributed by atoms with Gasteiger partial charge in [-0.05, 0) is 42.9 Å². The SMILES string of the molecule is CC(C)C(NC(=O)C(N)Cc1ccc(O)cc1)C(=O)NC(CC(N)=O)C(=O)N1CCCC1C(=O)O. The van der Waals surface area contributed by atoms with Crippen molar-refractivity contribution in [2.45, 2.75) is 63.7 Å². The van der Waals surface area contributed by atoms with Gasteiger partial charge in [0.2, 0.25) is 23.6 Å². The van der Waals surface area contributed by atoms with Crippen LogP contribution in [0.4, 0.5) is 0 Å². The number of aliphatic carboxylic acids is 1. The third kappa shape index (κ3) is 7.67. The number of nitrogens with one attached hydrogen (secondary N) is 2. The molecule has 0 aliphatic carbocycles. The second kappa shape index (κ2) is 12.2. The molecule has 4 atom stereocenters. The molecule has 0 spiro atoms. The molecule has 0 radical (unpaired) electrons. The van der Waals surface area contributed by atoms with Crippen LogP contribution < -0.4 is 22.1 Å². The zero-order valence-electron chi connectivity index (χ0n) is 19.8. The van der Waals surface area contributed by atoms with Crippen LogP contribution in [-0.4, -0.2) is 75.4 Å². The minimum Gasteiger partial charge on any atom is -0.508 e. The number of nitrogens with two attached hydrogens (primary N) is 2. The Kier molecular flexibility index (Phi) is 9.58. The van der Waals surface area contributed by atoms with Crippen molar-refractivity contribution in [2.24, 2.45) is 17.4 Å². The van der Waals surface area contributed by atoms with E-state index >= 15 is 0 Å². The smallest absolute Gasteiger partial charge is 0.326 e. The number of likely N-dealkylation sites (tertiary alicyclic amines) is 1. The van der Waals surface area contributed by atoms with Crippen LogP contribution in [0.2, 0.25) is 0 Å². The average Bonchev–Trinajstić information content (AvgIpc) is 3.27. The number of aromatic hydroxyl groups is 1. The molecule has 1 aromatic rings. The summed E-state index contributed by atoms with van der Waals surface area (Å²) in [5.74, 6) is -4.40. The molecule has 4 unspecified atom stereocenters. The summed E-state index contributed by atoms with van der Waals surface area (Å²) in [6, 6.07) is 1.70.